The van der Waals surface area contributed by atoms with Crippen LogP contribution in [0.5, 0.6) is 0 Å². The van der Waals surface area contributed by atoms with Gasteiger partial charge in [0.05, 0.1) is 12.7 Å². The van der Waals surface area contributed by atoms with Crippen molar-refractivity contribution >= 4 is 15.9 Å². The minimum Gasteiger partial charge on any atom is -0.439 e. The summed E-state index contributed by atoms with van der Waals surface area (Å²) in [6, 6.07) is 7.94. The highest BCUT2D eigenvalue weighted by molar-refractivity contribution is 9.10. The van der Waals surface area contributed by atoms with Gasteiger partial charge >= 0.3 is 0 Å². The Morgan fingerprint density at radius 2 is 2.19 bits per heavy atom. The number of nitrogens with zero attached hydrogens (tertiary/aromatic N) is 1. The second kappa shape index (κ2) is 5.27. The Labute approximate surface area is 103 Å². The maximum absolute atomic E-state index is 5.65. The van der Waals surface area contributed by atoms with Gasteiger partial charge in [0.15, 0.2) is 5.76 Å². The zero-order chi connectivity index (χ0) is 11.4. The standard InChI is InChI=1S/C12H13BrN2O/c1-2-14-8-12-15-7-11(16-12)9-5-3-4-6-10(9)13/h3-7,14H,2,8H2,1H3. The summed E-state index contributed by atoms with van der Waals surface area (Å²) >= 11 is 3.49. The Morgan fingerprint density at radius 3 is 2.94 bits per heavy atom. The van der Waals surface area contributed by atoms with Crippen LogP contribution in [0.1, 0.15) is 12.8 Å². The van der Waals surface area contributed by atoms with Crippen molar-refractivity contribution in [3.8, 4) is 11.3 Å². The first-order valence-electron chi connectivity index (χ1n) is 5.21. The van der Waals surface area contributed by atoms with Crippen LogP contribution in [0.3, 0.4) is 0 Å². The smallest absolute Gasteiger partial charge is 0.208 e. The van der Waals surface area contributed by atoms with Crippen LogP contribution < -0.4 is 5.32 Å². The van der Waals surface area contributed by atoms with Crippen molar-refractivity contribution < 1.29 is 4.42 Å². The van der Waals surface area contributed by atoms with Gasteiger partial charge in [0.25, 0.3) is 0 Å². The molecule has 1 aromatic carbocycles. The van der Waals surface area contributed by atoms with Crippen LogP contribution in [-0.2, 0) is 6.54 Å². The average molecular weight is 281 g/mol. The van der Waals surface area contributed by atoms with E-state index in [0.717, 1.165) is 22.3 Å². The van der Waals surface area contributed by atoms with E-state index in [4.69, 9.17) is 4.42 Å². The molecule has 0 aliphatic carbocycles. The van der Waals surface area contributed by atoms with E-state index >= 15 is 0 Å². The summed E-state index contributed by atoms with van der Waals surface area (Å²) in [5, 5.41) is 3.18. The first-order valence-corrected chi connectivity index (χ1v) is 6.01. The van der Waals surface area contributed by atoms with Crippen molar-refractivity contribution in [3.05, 3.63) is 40.8 Å². The minimum absolute atomic E-state index is 0.668. The van der Waals surface area contributed by atoms with Crippen molar-refractivity contribution in [1.29, 1.82) is 0 Å². The lowest BCUT2D eigenvalue weighted by atomic mass is 10.2. The Hall–Kier alpha value is -1.13. The lowest BCUT2D eigenvalue weighted by molar-refractivity contribution is 0.482. The minimum atomic E-state index is 0.668. The molecular weight excluding hydrogens is 268 g/mol. The maximum Gasteiger partial charge on any atom is 0.208 e. The number of halogens is 1. The third kappa shape index (κ3) is 2.51. The van der Waals surface area contributed by atoms with Gasteiger partial charge < -0.3 is 9.73 Å². The van der Waals surface area contributed by atoms with Crippen molar-refractivity contribution in [2.75, 3.05) is 6.54 Å². The molecule has 4 heteroatoms. The number of hydrogen-bond acceptors (Lipinski definition) is 3. The summed E-state index contributed by atoms with van der Waals surface area (Å²) in [5.74, 6) is 1.51. The predicted molar refractivity (Wildman–Crippen MR) is 67.0 cm³/mol. The molecule has 0 amide bonds. The Kier molecular flexibility index (Phi) is 3.74. The van der Waals surface area contributed by atoms with Crippen LogP contribution in [0, 0.1) is 0 Å². The SMILES string of the molecule is CCNCc1ncc(-c2ccccc2Br)o1. The first kappa shape index (κ1) is 11.4. The number of aromatic nitrogens is 1. The van der Waals surface area contributed by atoms with Gasteiger partial charge in [-0.15, -0.1) is 0 Å². The fraction of sp³-hybridized carbons (Fsp3) is 0.250. The van der Waals surface area contributed by atoms with Crippen LogP contribution >= 0.6 is 15.9 Å². The number of hydrogen-bond donors (Lipinski definition) is 1. The first-order chi connectivity index (χ1) is 7.81. The molecule has 84 valence electrons. The van der Waals surface area contributed by atoms with E-state index in [0.29, 0.717) is 12.4 Å². The second-order valence-electron chi connectivity index (χ2n) is 3.38. The zero-order valence-electron chi connectivity index (χ0n) is 9.03. The molecule has 2 rings (SSSR count). The van der Waals surface area contributed by atoms with E-state index in [1.807, 2.05) is 24.3 Å². The molecule has 2 aromatic rings. The van der Waals surface area contributed by atoms with Crippen LogP contribution in [0.25, 0.3) is 11.3 Å². The van der Waals surface area contributed by atoms with E-state index in [1.165, 1.54) is 0 Å². The van der Waals surface area contributed by atoms with E-state index < -0.39 is 0 Å². The molecule has 1 aromatic heterocycles. The van der Waals surface area contributed by atoms with Crippen molar-refractivity contribution in [3.63, 3.8) is 0 Å². The molecule has 1 N–H and O–H groups in total. The van der Waals surface area contributed by atoms with Gasteiger partial charge in [-0.25, -0.2) is 4.98 Å². The normalized spacial score (nSPS) is 10.6. The molecular formula is C12H13BrN2O. The second-order valence-corrected chi connectivity index (χ2v) is 4.23. The molecule has 0 aliphatic heterocycles. The lowest BCUT2D eigenvalue weighted by Crippen LogP contribution is -2.11. The van der Waals surface area contributed by atoms with Gasteiger partial charge in [0.2, 0.25) is 5.89 Å². The number of oxazole rings is 1. The van der Waals surface area contributed by atoms with Crippen LogP contribution in [0.4, 0.5) is 0 Å². The zero-order valence-corrected chi connectivity index (χ0v) is 10.6. The third-order valence-corrected chi connectivity index (χ3v) is 2.91. The number of nitrogens with one attached hydrogen (secondary N) is 1. The number of rotatable bonds is 4. The van der Waals surface area contributed by atoms with E-state index in [9.17, 15) is 0 Å². The molecule has 0 saturated carbocycles. The molecule has 1 heterocycles. The fourth-order valence-electron chi connectivity index (χ4n) is 1.41. The average Bonchev–Trinajstić information content (AvgIpc) is 2.75. The molecule has 0 atom stereocenters. The van der Waals surface area contributed by atoms with Gasteiger partial charge in [0.1, 0.15) is 0 Å². The molecule has 0 saturated heterocycles. The quantitative estimate of drug-likeness (QED) is 0.935. The predicted octanol–water partition coefficient (Wildman–Crippen LogP) is 3.21. The van der Waals surface area contributed by atoms with Crippen LogP contribution in [0.15, 0.2) is 39.4 Å². The summed E-state index contributed by atoms with van der Waals surface area (Å²) in [6.07, 6.45) is 1.76. The Balaban J connectivity index is 2.22. The maximum atomic E-state index is 5.65. The van der Waals surface area contributed by atoms with Gasteiger partial charge in [-0.05, 0) is 12.6 Å². The Morgan fingerprint density at radius 1 is 1.38 bits per heavy atom. The molecule has 0 bridgehead atoms. The van der Waals surface area contributed by atoms with Crippen LogP contribution in [0.2, 0.25) is 0 Å². The highest BCUT2D eigenvalue weighted by atomic mass is 79.9. The Bertz CT molecular complexity index is 468. The molecule has 0 unspecified atom stereocenters. The topological polar surface area (TPSA) is 38.1 Å². The van der Waals surface area contributed by atoms with Gasteiger partial charge in [-0.3, -0.25) is 0 Å². The molecule has 0 radical (unpaired) electrons. The summed E-state index contributed by atoms with van der Waals surface area (Å²) in [5.41, 5.74) is 1.03. The van der Waals surface area contributed by atoms with Crippen LogP contribution in [-0.4, -0.2) is 11.5 Å². The summed E-state index contributed by atoms with van der Waals surface area (Å²) in [4.78, 5) is 4.22. The van der Waals surface area contributed by atoms with Crippen molar-refractivity contribution in [2.24, 2.45) is 0 Å². The highest BCUT2D eigenvalue weighted by Crippen LogP contribution is 2.28. The summed E-state index contributed by atoms with van der Waals surface area (Å²) in [6.45, 7) is 3.63. The van der Waals surface area contributed by atoms with E-state index in [1.54, 1.807) is 6.20 Å². The fourth-order valence-corrected chi connectivity index (χ4v) is 1.89. The van der Waals surface area contributed by atoms with E-state index in [2.05, 4.69) is 33.2 Å². The summed E-state index contributed by atoms with van der Waals surface area (Å²) in [7, 11) is 0. The molecule has 0 fully saturated rings. The number of benzene rings is 1. The highest BCUT2D eigenvalue weighted by Gasteiger charge is 2.08. The van der Waals surface area contributed by atoms with E-state index in [-0.39, 0.29) is 0 Å². The van der Waals surface area contributed by atoms with Gasteiger partial charge in [-0.1, -0.05) is 41.1 Å². The third-order valence-electron chi connectivity index (χ3n) is 2.22. The van der Waals surface area contributed by atoms with Gasteiger partial charge in [0, 0.05) is 10.0 Å². The molecule has 0 aliphatic rings. The molecule has 0 spiro atoms. The molecule has 16 heavy (non-hydrogen) atoms. The van der Waals surface area contributed by atoms with Crippen molar-refractivity contribution in [1.82, 2.24) is 10.3 Å². The van der Waals surface area contributed by atoms with Gasteiger partial charge in [-0.2, -0.15) is 0 Å². The monoisotopic (exact) mass is 280 g/mol. The largest absolute Gasteiger partial charge is 0.439 e. The molecule has 3 nitrogen and oxygen atoms in total. The lowest BCUT2D eigenvalue weighted by Gasteiger charge is -1.99. The van der Waals surface area contributed by atoms with Crippen molar-refractivity contribution in [2.45, 2.75) is 13.5 Å². The summed E-state index contributed by atoms with van der Waals surface area (Å²) < 4.78 is 6.66.